The molecule has 2 N–H and O–H groups in total. The van der Waals surface area contributed by atoms with Crippen molar-refractivity contribution in [2.24, 2.45) is 0 Å². The summed E-state index contributed by atoms with van der Waals surface area (Å²) in [6, 6.07) is 20.6. The standard InChI is InChI=1S/C21H18Cl2FNO/c22-18-9-5-16(6-10-18)21(26,17-7-11-19(23)12-8-17)14-25-13-15-3-1-2-4-20(15)24/h1-12,25-26H,13-14H2. The van der Waals surface area contributed by atoms with Gasteiger partial charge in [0.1, 0.15) is 11.4 Å². The van der Waals surface area contributed by atoms with Crippen molar-refractivity contribution >= 4 is 23.2 Å². The first-order valence-electron chi connectivity index (χ1n) is 8.17. The van der Waals surface area contributed by atoms with E-state index in [0.29, 0.717) is 33.3 Å². The first kappa shape index (κ1) is 18.9. The fraction of sp³-hybridized carbons (Fsp3) is 0.143. The fourth-order valence-electron chi connectivity index (χ4n) is 2.84. The molecule has 5 heteroatoms. The Morgan fingerprint density at radius 2 is 1.31 bits per heavy atom. The van der Waals surface area contributed by atoms with Crippen LogP contribution in [-0.4, -0.2) is 11.7 Å². The number of benzene rings is 3. The van der Waals surface area contributed by atoms with Crippen molar-refractivity contribution < 1.29 is 9.50 Å². The van der Waals surface area contributed by atoms with Gasteiger partial charge in [-0.1, -0.05) is 65.7 Å². The predicted molar refractivity (Wildman–Crippen MR) is 104 cm³/mol. The number of hydrogen-bond acceptors (Lipinski definition) is 2. The molecule has 26 heavy (non-hydrogen) atoms. The van der Waals surface area contributed by atoms with Crippen molar-refractivity contribution in [3.8, 4) is 0 Å². The number of hydrogen-bond donors (Lipinski definition) is 2. The van der Waals surface area contributed by atoms with Gasteiger partial charge in [-0.05, 0) is 41.5 Å². The summed E-state index contributed by atoms with van der Waals surface area (Å²) in [5.41, 5.74) is 0.609. The molecule has 0 radical (unpaired) electrons. The van der Waals surface area contributed by atoms with E-state index in [1.54, 1.807) is 66.7 Å². The van der Waals surface area contributed by atoms with E-state index in [9.17, 15) is 9.50 Å². The van der Waals surface area contributed by atoms with E-state index in [0.717, 1.165) is 0 Å². The van der Waals surface area contributed by atoms with E-state index >= 15 is 0 Å². The zero-order valence-corrected chi connectivity index (χ0v) is 15.4. The lowest BCUT2D eigenvalue weighted by Gasteiger charge is -2.30. The van der Waals surface area contributed by atoms with Crippen molar-refractivity contribution in [1.82, 2.24) is 5.32 Å². The Morgan fingerprint density at radius 3 is 1.81 bits per heavy atom. The maximum Gasteiger partial charge on any atom is 0.127 e. The smallest absolute Gasteiger partial charge is 0.127 e. The van der Waals surface area contributed by atoms with Crippen LogP contribution < -0.4 is 5.32 Å². The van der Waals surface area contributed by atoms with Gasteiger partial charge in [0.05, 0.1) is 0 Å². The van der Waals surface area contributed by atoms with Crippen LogP contribution in [0.25, 0.3) is 0 Å². The van der Waals surface area contributed by atoms with Gasteiger partial charge in [-0.2, -0.15) is 0 Å². The lowest BCUT2D eigenvalue weighted by atomic mass is 9.86. The lowest BCUT2D eigenvalue weighted by molar-refractivity contribution is 0.0795. The van der Waals surface area contributed by atoms with Crippen LogP contribution in [0.2, 0.25) is 10.0 Å². The average Bonchev–Trinajstić information content (AvgIpc) is 2.64. The largest absolute Gasteiger partial charge is 0.379 e. The predicted octanol–water partition coefficient (Wildman–Crippen LogP) is 5.16. The van der Waals surface area contributed by atoms with Gasteiger partial charge in [-0.25, -0.2) is 4.39 Å². The molecule has 0 amide bonds. The molecule has 0 spiro atoms. The molecule has 0 aliphatic heterocycles. The monoisotopic (exact) mass is 389 g/mol. The highest BCUT2D eigenvalue weighted by Gasteiger charge is 2.31. The number of aliphatic hydroxyl groups is 1. The van der Waals surface area contributed by atoms with Crippen molar-refractivity contribution in [1.29, 1.82) is 0 Å². The highest BCUT2D eigenvalue weighted by molar-refractivity contribution is 6.30. The van der Waals surface area contributed by atoms with E-state index in [1.165, 1.54) is 6.07 Å². The summed E-state index contributed by atoms with van der Waals surface area (Å²) in [6.07, 6.45) is 0. The minimum absolute atomic E-state index is 0.199. The highest BCUT2D eigenvalue weighted by atomic mass is 35.5. The zero-order chi connectivity index (χ0) is 18.6. The van der Waals surface area contributed by atoms with Gasteiger partial charge < -0.3 is 10.4 Å². The van der Waals surface area contributed by atoms with Gasteiger partial charge >= 0.3 is 0 Å². The Kier molecular flexibility index (Phi) is 5.94. The molecule has 3 rings (SSSR count). The molecule has 0 saturated carbocycles. The molecule has 3 aromatic rings. The lowest BCUT2D eigenvalue weighted by Crippen LogP contribution is -2.39. The Bertz CT molecular complexity index is 820. The quantitative estimate of drug-likeness (QED) is 0.610. The van der Waals surface area contributed by atoms with Gasteiger partial charge in [-0.15, -0.1) is 0 Å². The molecule has 0 fully saturated rings. The van der Waals surface area contributed by atoms with E-state index in [-0.39, 0.29) is 12.4 Å². The Hall–Kier alpha value is -1.91. The molecule has 0 saturated heterocycles. The molecule has 3 aromatic carbocycles. The molecule has 0 aliphatic carbocycles. The summed E-state index contributed by atoms with van der Waals surface area (Å²) >= 11 is 11.9. The second kappa shape index (κ2) is 8.19. The summed E-state index contributed by atoms with van der Waals surface area (Å²) in [5, 5.41) is 15.8. The van der Waals surface area contributed by atoms with Crippen LogP contribution in [0.4, 0.5) is 4.39 Å². The van der Waals surface area contributed by atoms with Crippen LogP contribution in [0, 0.1) is 5.82 Å². The molecule has 0 heterocycles. The van der Waals surface area contributed by atoms with Crippen LogP contribution in [0.15, 0.2) is 72.8 Å². The molecular formula is C21H18Cl2FNO. The Labute approximate surface area is 162 Å². The van der Waals surface area contributed by atoms with Gasteiger partial charge in [0.25, 0.3) is 0 Å². The minimum atomic E-state index is -1.31. The molecule has 2 nitrogen and oxygen atoms in total. The van der Waals surface area contributed by atoms with E-state index in [4.69, 9.17) is 23.2 Å². The maximum absolute atomic E-state index is 13.8. The summed E-state index contributed by atoms with van der Waals surface area (Å²) in [7, 11) is 0. The third-order valence-corrected chi connectivity index (χ3v) is 4.80. The average molecular weight is 390 g/mol. The third kappa shape index (κ3) is 4.25. The first-order chi connectivity index (χ1) is 12.5. The van der Waals surface area contributed by atoms with Gasteiger partial charge in [0, 0.05) is 28.7 Å². The van der Waals surface area contributed by atoms with E-state index in [2.05, 4.69) is 5.32 Å². The summed E-state index contributed by atoms with van der Waals surface area (Å²) in [6.45, 7) is 0.501. The summed E-state index contributed by atoms with van der Waals surface area (Å²) in [4.78, 5) is 0. The minimum Gasteiger partial charge on any atom is -0.379 e. The second-order valence-electron chi connectivity index (χ2n) is 6.07. The van der Waals surface area contributed by atoms with Crippen LogP contribution in [0.5, 0.6) is 0 Å². The fourth-order valence-corrected chi connectivity index (χ4v) is 3.09. The number of halogens is 3. The molecule has 0 atom stereocenters. The Morgan fingerprint density at radius 1 is 0.808 bits per heavy atom. The van der Waals surface area contributed by atoms with Crippen LogP contribution in [-0.2, 0) is 12.1 Å². The second-order valence-corrected chi connectivity index (χ2v) is 6.94. The maximum atomic E-state index is 13.8. The van der Waals surface area contributed by atoms with Crippen LogP contribution in [0.3, 0.4) is 0 Å². The topological polar surface area (TPSA) is 32.3 Å². The summed E-state index contributed by atoms with van der Waals surface area (Å²) < 4.78 is 13.8. The van der Waals surface area contributed by atoms with E-state index < -0.39 is 5.60 Å². The van der Waals surface area contributed by atoms with Gasteiger partial charge in [0.15, 0.2) is 0 Å². The molecular weight excluding hydrogens is 372 g/mol. The molecule has 0 bridgehead atoms. The van der Waals surface area contributed by atoms with Crippen LogP contribution >= 0.6 is 23.2 Å². The van der Waals surface area contributed by atoms with Crippen molar-refractivity contribution in [2.75, 3.05) is 6.54 Å². The Balaban J connectivity index is 1.86. The summed E-state index contributed by atoms with van der Waals surface area (Å²) in [5.74, 6) is -0.276. The molecule has 134 valence electrons. The SMILES string of the molecule is OC(CNCc1ccccc1F)(c1ccc(Cl)cc1)c1ccc(Cl)cc1. The highest BCUT2D eigenvalue weighted by Crippen LogP contribution is 2.31. The third-order valence-electron chi connectivity index (χ3n) is 4.30. The van der Waals surface area contributed by atoms with Crippen LogP contribution in [0.1, 0.15) is 16.7 Å². The number of nitrogens with one attached hydrogen (secondary N) is 1. The van der Waals surface area contributed by atoms with Crippen molar-refractivity contribution in [3.05, 3.63) is 105 Å². The first-order valence-corrected chi connectivity index (χ1v) is 8.93. The van der Waals surface area contributed by atoms with E-state index in [1.807, 2.05) is 0 Å². The van der Waals surface area contributed by atoms with Crippen molar-refractivity contribution in [3.63, 3.8) is 0 Å². The van der Waals surface area contributed by atoms with Crippen molar-refractivity contribution in [2.45, 2.75) is 12.1 Å². The zero-order valence-electron chi connectivity index (χ0n) is 13.9. The molecule has 0 unspecified atom stereocenters. The van der Waals surface area contributed by atoms with Gasteiger partial charge in [-0.3, -0.25) is 0 Å². The normalized spacial score (nSPS) is 11.5. The number of rotatable bonds is 6. The van der Waals surface area contributed by atoms with Gasteiger partial charge in [0.2, 0.25) is 0 Å². The molecule has 0 aliphatic rings. The molecule has 0 aromatic heterocycles.